The summed E-state index contributed by atoms with van der Waals surface area (Å²) < 4.78 is 2.89. The van der Waals surface area contributed by atoms with Crippen LogP contribution in [-0.4, -0.2) is 9.55 Å². The number of benzene rings is 2. The van der Waals surface area contributed by atoms with Crippen LogP contribution < -0.4 is 0 Å². The van der Waals surface area contributed by atoms with Crippen molar-refractivity contribution in [3.8, 4) is 5.69 Å². The van der Waals surface area contributed by atoms with Crippen molar-refractivity contribution in [1.82, 2.24) is 9.55 Å². The van der Waals surface area contributed by atoms with Gasteiger partial charge in [0.2, 0.25) is 0 Å². The van der Waals surface area contributed by atoms with E-state index in [1.807, 2.05) is 34.9 Å². The third kappa shape index (κ3) is 2.24. The molecule has 0 bridgehead atoms. The standard InChI is InChI=1S/C15H11BrCl2N2/c1-9-5-6-11-13(7-9)20(14(8-17)19-11)12-4-2-3-10(18)15(12)16/h2-7H,8H2,1H3. The molecule has 0 atom stereocenters. The average Bonchev–Trinajstić information content (AvgIpc) is 2.79. The number of fused-ring (bicyclic) bond motifs is 1. The van der Waals surface area contributed by atoms with Gasteiger partial charge in [0.05, 0.1) is 32.1 Å². The summed E-state index contributed by atoms with van der Waals surface area (Å²) in [5.74, 6) is 1.14. The van der Waals surface area contributed by atoms with E-state index in [1.165, 1.54) is 5.56 Å². The third-order valence-electron chi connectivity index (χ3n) is 3.17. The highest BCUT2D eigenvalue weighted by Crippen LogP contribution is 2.32. The molecule has 0 saturated heterocycles. The number of aromatic nitrogens is 2. The van der Waals surface area contributed by atoms with Crippen LogP contribution in [0.2, 0.25) is 5.02 Å². The molecular formula is C15H11BrCl2N2. The van der Waals surface area contributed by atoms with Gasteiger partial charge in [-0.3, -0.25) is 4.57 Å². The van der Waals surface area contributed by atoms with Crippen molar-refractivity contribution >= 4 is 50.2 Å². The van der Waals surface area contributed by atoms with Crippen molar-refractivity contribution in [3.05, 3.63) is 57.3 Å². The summed E-state index contributed by atoms with van der Waals surface area (Å²) in [6, 6.07) is 11.9. The Bertz CT molecular complexity index is 796. The lowest BCUT2D eigenvalue weighted by atomic mass is 10.2. The minimum Gasteiger partial charge on any atom is -0.294 e. The average molecular weight is 370 g/mol. The van der Waals surface area contributed by atoms with Gasteiger partial charge in [0.25, 0.3) is 0 Å². The van der Waals surface area contributed by atoms with Crippen molar-refractivity contribution in [1.29, 1.82) is 0 Å². The van der Waals surface area contributed by atoms with Crippen molar-refractivity contribution in [2.24, 2.45) is 0 Å². The fraction of sp³-hybridized carbons (Fsp3) is 0.133. The Balaban J connectivity index is 2.39. The zero-order valence-corrected chi connectivity index (χ0v) is 13.8. The fourth-order valence-electron chi connectivity index (χ4n) is 2.26. The quantitative estimate of drug-likeness (QED) is 0.546. The van der Waals surface area contributed by atoms with E-state index in [4.69, 9.17) is 23.2 Å². The highest BCUT2D eigenvalue weighted by atomic mass is 79.9. The first kappa shape index (κ1) is 13.9. The molecule has 1 heterocycles. The molecule has 3 rings (SSSR count). The predicted molar refractivity (Wildman–Crippen MR) is 88.1 cm³/mol. The van der Waals surface area contributed by atoms with Crippen molar-refractivity contribution in [3.63, 3.8) is 0 Å². The van der Waals surface area contributed by atoms with E-state index in [1.54, 1.807) is 0 Å². The normalized spacial score (nSPS) is 11.2. The van der Waals surface area contributed by atoms with Crippen LogP contribution in [0.4, 0.5) is 0 Å². The van der Waals surface area contributed by atoms with E-state index in [-0.39, 0.29) is 0 Å². The van der Waals surface area contributed by atoms with Crippen LogP contribution in [0, 0.1) is 6.92 Å². The molecule has 0 N–H and O–H groups in total. The maximum absolute atomic E-state index is 6.20. The maximum atomic E-state index is 6.20. The predicted octanol–water partition coefficient (Wildman–Crippen LogP) is 5.49. The first-order valence-corrected chi connectivity index (χ1v) is 7.80. The summed E-state index contributed by atoms with van der Waals surface area (Å²) in [7, 11) is 0. The first-order valence-electron chi connectivity index (χ1n) is 6.10. The largest absolute Gasteiger partial charge is 0.294 e. The van der Waals surface area contributed by atoms with Gasteiger partial charge < -0.3 is 0 Å². The van der Waals surface area contributed by atoms with Crippen LogP contribution in [-0.2, 0) is 5.88 Å². The molecule has 2 aromatic carbocycles. The van der Waals surface area contributed by atoms with Crippen molar-refractivity contribution in [2.45, 2.75) is 12.8 Å². The molecule has 5 heteroatoms. The van der Waals surface area contributed by atoms with E-state index < -0.39 is 0 Å². The van der Waals surface area contributed by atoms with Crippen molar-refractivity contribution < 1.29 is 0 Å². The fourth-order valence-corrected chi connectivity index (χ4v) is 3.05. The number of alkyl halides is 1. The summed E-state index contributed by atoms with van der Waals surface area (Å²) in [5.41, 5.74) is 4.08. The lowest BCUT2D eigenvalue weighted by molar-refractivity contribution is 0.977. The van der Waals surface area contributed by atoms with E-state index in [9.17, 15) is 0 Å². The summed E-state index contributed by atoms with van der Waals surface area (Å²) >= 11 is 15.8. The molecule has 0 fully saturated rings. The van der Waals surface area contributed by atoms with Gasteiger partial charge in [-0.25, -0.2) is 4.98 Å². The second-order valence-corrected chi connectivity index (χ2v) is 6.03. The van der Waals surface area contributed by atoms with Crippen molar-refractivity contribution in [2.75, 3.05) is 0 Å². The number of imidazole rings is 1. The molecule has 0 aliphatic carbocycles. The Kier molecular flexibility index (Phi) is 3.76. The van der Waals surface area contributed by atoms with Gasteiger partial charge in [-0.15, -0.1) is 11.6 Å². The summed E-state index contributed by atoms with van der Waals surface area (Å²) in [4.78, 5) is 4.59. The Labute approximate surface area is 135 Å². The van der Waals surface area contributed by atoms with Crippen LogP contribution in [0.3, 0.4) is 0 Å². The van der Waals surface area contributed by atoms with Crippen LogP contribution in [0.25, 0.3) is 16.7 Å². The number of hydrogen-bond donors (Lipinski definition) is 0. The lowest BCUT2D eigenvalue weighted by Crippen LogP contribution is -2.00. The van der Waals surface area contributed by atoms with Gasteiger partial charge in [0.15, 0.2) is 0 Å². The molecule has 0 radical (unpaired) electrons. The van der Waals surface area contributed by atoms with Crippen LogP contribution in [0.1, 0.15) is 11.4 Å². The number of nitrogens with zero attached hydrogens (tertiary/aromatic N) is 2. The highest BCUT2D eigenvalue weighted by Gasteiger charge is 2.15. The topological polar surface area (TPSA) is 17.8 Å². The van der Waals surface area contributed by atoms with Gasteiger partial charge in [-0.1, -0.05) is 23.7 Å². The molecule has 0 spiro atoms. The lowest BCUT2D eigenvalue weighted by Gasteiger charge is -2.11. The Hall–Kier alpha value is -1.03. The van der Waals surface area contributed by atoms with Gasteiger partial charge in [-0.2, -0.15) is 0 Å². The second-order valence-electron chi connectivity index (χ2n) is 4.56. The number of hydrogen-bond acceptors (Lipinski definition) is 1. The molecule has 0 saturated carbocycles. The summed E-state index contributed by atoms with van der Waals surface area (Å²) in [6.45, 7) is 2.06. The molecule has 3 aromatic rings. The van der Waals surface area contributed by atoms with Gasteiger partial charge in [0.1, 0.15) is 5.82 Å². The minimum absolute atomic E-state index is 0.340. The monoisotopic (exact) mass is 368 g/mol. The molecule has 1 aromatic heterocycles. The van der Waals surface area contributed by atoms with Crippen LogP contribution >= 0.6 is 39.1 Å². The van der Waals surface area contributed by atoms with E-state index in [0.717, 1.165) is 27.0 Å². The zero-order chi connectivity index (χ0) is 14.3. The van der Waals surface area contributed by atoms with E-state index in [2.05, 4.69) is 33.9 Å². The second kappa shape index (κ2) is 5.40. The Morgan fingerprint density at radius 2 is 2.05 bits per heavy atom. The Morgan fingerprint density at radius 1 is 1.25 bits per heavy atom. The minimum atomic E-state index is 0.340. The summed E-state index contributed by atoms with van der Waals surface area (Å²) in [5, 5.41) is 0.664. The summed E-state index contributed by atoms with van der Waals surface area (Å²) in [6.07, 6.45) is 0. The van der Waals surface area contributed by atoms with Crippen LogP contribution in [0.15, 0.2) is 40.9 Å². The molecular weight excluding hydrogens is 359 g/mol. The molecule has 0 unspecified atom stereocenters. The molecule has 0 amide bonds. The van der Waals surface area contributed by atoms with Gasteiger partial charge in [-0.05, 0) is 52.7 Å². The first-order chi connectivity index (χ1) is 9.61. The smallest absolute Gasteiger partial charge is 0.129 e. The number of rotatable bonds is 2. The molecule has 0 aliphatic rings. The van der Waals surface area contributed by atoms with E-state index in [0.29, 0.717) is 10.9 Å². The van der Waals surface area contributed by atoms with Gasteiger partial charge >= 0.3 is 0 Å². The molecule has 2 nitrogen and oxygen atoms in total. The maximum Gasteiger partial charge on any atom is 0.129 e. The zero-order valence-electron chi connectivity index (χ0n) is 10.7. The van der Waals surface area contributed by atoms with Crippen LogP contribution in [0.5, 0.6) is 0 Å². The molecule has 20 heavy (non-hydrogen) atoms. The third-order valence-corrected chi connectivity index (χ3v) is 4.79. The molecule has 102 valence electrons. The number of halogens is 3. The Morgan fingerprint density at radius 3 is 2.80 bits per heavy atom. The number of aryl methyl sites for hydroxylation is 1. The van der Waals surface area contributed by atoms with Gasteiger partial charge in [0, 0.05) is 0 Å². The molecule has 0 aliphatic heterocycles. The SMILES string of the molecule is Cc1ccc2nc(CCl)n(-c3cccc(Cl)c3Br)c2c1. The highest BCUT2D eigenvalue weighted by molar-refractivity contribution is 9.10. The van der Waals surface area contributed by atoms with E-state index >= 15 is 0 Å².